The number of aromatic hydroxyl groups is 2. The van der Waals surface area contributed by atoms with Gasteiger partial charge >= 0.3 is 0 Å². The third-order valence-electron chi connectivity index (χ3n) is 5.35. The van der Waals surface area contributed by atoms with E-state index in [-0.39, 0.29) is 36.2 Å². The molecule has 0 radical (unpaired) electrons. The van der Waals surface area contributed by atoms with Crippen LogP contribution in [0.2, 0.25) is 0 Å². The van der Waals surface area contributed by atoms with E-state index in [9.17, 15) is 29.4 Å². The Morgan fingerprint density at radius 2 is 1.17 bits per heavy atom. The largest absolute Gasteiger partial charge is 0.508 e. The van der Waals surface area contributed by atoms with Gasteiger partial charge < -0.3 is 31.9 Å². The number of nitrogens with one attached hydrogen (secondary N) is 3. The molecule has 0 saturated carbocycles. The van der Waals surface area contributed by atoms with E-state index in [1.54, 1.807) is 38.1 Å². The minimum absolute atomic E-state index is 0.0482. The quantitative estimate of drug-likeness (QED) is 0.271. The third-order valence-corrected chi connectivity index (χ3v) is 5.35. The van der Waals surface area contributed by atoms with E-state index in [4.69, 9.17) is 5.73 Å². The van der Waals surface area contributed by atoms with Gasteiger partial charge in [0.25, 0.3) is 0 Å². The number of phenols is 2. The lowest BCUT2D eigenvalue weighted by atomic mass is 10.00. The van der Waals surface area contributed by atoms with Crippen molar-refractivity contribution in [2.75, 3.05) is 0 Å². The molecule has 4 amide bonds. The van der Waals surface area contributed by atoms with Crippen molar-refractivity contribution in [1.82, 2.24) is 16.0 Å². The molecule has 188 valence electrons. The average Bonchev–Trinajstić information content (AvgIpc) is 2.78. The van der Waals surface area contributed by atoms with E-state index in [1.165, 1.54) is 31.2 Å². The Hall–Kier alpha value is -4.08. The number of primary amides is 1. The molecular formula is C25H32N4O6. The number of rotatable bonds is 11. The van der Waals surface area contributed by atoms with Gasteiger partial charge in [0.1, 0.15) is 29.6 Å². The van der Waals surface area contributed by atoms with Crippen molar-refractivity contribution >= 4 is 23.6 Å². The fourth-order valence-corrected chi connectivity index (χ4v) is 3.46. The molecule has 2 aromatic carbocycles. The van der Waals surface area contributed by atoms with Crippen molar-refractivity contribution in [3.63, 3.8) is 0 Å². The third kappa shape index (κ3) is 8.65. The van der Waals surface area contributed by atoms with Crippen LogP contribution in [0.15, 0.2) is 48.5 Å². The molecule has 0 aliphatic carbocycles. The molecule has 0 aromatic heterocycles. The normalized spacial score (nSPS) is 13.4. The lowest BCUT2D eigenvalue weighted by Gasteiger charge is -2.26. The van der Waals surface area contributed by atoms with Gasteiger partial charge in [0.2, 0.25) is 23.6 Å². The second-order valence-electron chi connectivity index (χ2n) is 8.69. The maximum absolute atomic E-state index is 13.2. The zero-order valence-corrected chi connectivity index (χ0v) is 19.9. The average molecular weight is 485 g/mol. The number of amides is 4. The highest BCUT2D eigenvalue weighted by molar-refractivity contribution is 5.94. The summed E-state index contributed by atoms with van der Waals surface area (Å²) < 4.78 is 0. The van der Waals surface area contributed by atoms with Crippen molar-refractivity contribution < 1.29 is 29.4 Å². The fraction of sp³-hybridized carbons (Fsp3) is 0.360. The smallest absolute Gasteiger partial charge is 0.243 e. The van der Waals surface area contributed by atoms with E-state index in [2.05, 4.69) is 16.0 Å². The Bertz CT molecular complexity index is 1040. The van der Waals surface area contributed by atoms with E-state index in [0.717, 1.165) is 0 Å². The van der Waals surface area contributed by atoms with Crippen LogP contribution in [0.4, 0.5) is 0 Å². The van der Waals surface area contributed by atoms with Crippen LogP contribution in [0.25, 0.3) is 0 Å². The molecule has 2 aromatic rings. The molecule has 2 rings (SSSR count). The molecule has 0 saturated heterocycles. The number of nitrogens with two attached hydrogens (primary N) is 1. The Balaban J connectivity index is 2.25. The zero-order chi connectivity index (χ0) is 26.1. The first-order valence-corrected chi connectivity index (χ1v) is 11.2. The predicted molar refractivity (Wildman–Crippen MR) is 129 cm³/mol. The van der Waals surface area contributed by atoms with Crippen LogP contribution in [0, 0.1) is 5.92 Å². The standard InChI is InChI=1S/C25H32N4O6/c1-14(2)22(27-15(3)30)25(35)29-21(13-17-6-10-19(32)11-7-17)24(34)28-20(23(26)33)12-16-4-8-18(31)9-5-16/h4-11,14,20-22,31-32H,12-13H2,1-3H3,(H2,26,33)(H,27,30)(H,28,34)(H,29,35)/t20-,21-,22-/m0/s1. The van der Waals surface area contributed by atoms with E-state index in [1.807, 2.05) is 0 Å². The van der Waals surface area contributed by atoms with Crippen molar-refractivity contribution in [2.24, 2.45) is 11.7 Å². The fourth-order valence-electron chi connectivity index (χ4n) is 3.46. The SMILES string of the molecule is CC(=O)N[C@H](C(=O)N[C@@H](Cc1ccc(O)cc1)C(=O)N[C@@H](Cc1ccc(O)cc1)C(N)=O)C(C)C. The summed E-state index contributed by atoms with van der Waals surface area (Å²) in [5, 5.41) is 26.8. The van der Waals surface area contributed by atoms with Crippen molar-refractivity contribution in [3.8, 4) is 11.5 Å². The maximum atomic E-state index is 13.2. The summed E-state index contributed by atoms with van der Waals surface area (Å²) >= 11 is 0. The number of benzene rings is 2. The van der Waals surface area contributed by atoms with Crippen LogP contribution >= 0.6 is 0 Å². The van der Waals surface area contributed by atoms with E-state index < -0.39 is 35.8 Å². The van der Waals surface area contributed by atoms with Gasteiger partial charge in [-0.2, -0.15) is 0 Å². The molecule has 0 fully saturated rings. The molecule has 0 aliphatic rings. The number of phenolic OH excluding ortho intramolecular Hbond substituents is 2. The van der Waals surface area contributed by atoms with Gasteiger partial charge in [-0.25, -0.2) is 0 Å². The van der Waals surface area contributed by atoms with Crippen LogP contribution in [-0.2, 0) is 32.0 Å². The molecule has 0 bridgehead atoms. The zero-order valence-electron chi connectivity index (χ0n) is 19.9. The topological polar surface area (TPSA) is 171 Å². The molecule has 0 aliphatic heterocycles. The van der Waals surface area contributed by atoms with Crippen LogP contribution in [0.3, 0.4) is 0 Å². The summed E-state index contributed by atoms with van der Waals surface area (Å²) in [7, 11) is 0. The second kappa shape index (κ2) is 12.4. The predicted octanol–water partition coefficient (Wildman–Crippen LogP) is 0.499. The van der Waals surface area contributed by atoms with Crippen molar-refractivity contribution in [2.45, 2.75) is 51.7 Å². The molecule has 35 heavy (non-hydrogen) atoms. The highest BCUT2D eigenvalue weighted by Gasteiger charge is 2.30. The first-order chi connectivity index (χ1) is 16.5. The minimum Gasteiger partial charge on any atom is -0.508 e. The molecular weight excluding hydrogens is 452 g/mol. The minimum atomic E-state index is -1.09. The summed E-state index contributed by atoms with van der Waals surface area (Å²) in [6.45, 7) is 4.82. The molecule has 3 atom stereocenters. The van der Waals surface area contributed by atoms with Crippen molar-refractivity contribution in [1.29, 1.82) is 0 Å². The Morgan fingerprint density at radius 3 is 1.57 bits per heavy atom. The van der Waals surface area contributed by atoms with Gasteiger partial charge in [-0.15, -0.1) is 0 Å². The summed E-state index contributed by atoms with van der Waals surface area (Å²) in [6, 6.07) is 9.22. The number of hydrogen-bond acceptors (Lipinski definition) is 6. The second-order valence-corrected chi connectivity index (χ2v) is 8.69. The van der Waals surface area contributed by atoms with E-state index >= 15 is 0 Å². The molecule has 0 heterocycles. The molecule has 10 heteroatoms. The van der Waals surface area contributed by atoms with Gasteiger partial charge in [-0.1, -0.05) is 38.1 Å². The molecule has 10 nitrogen and oxygen atoms in total. The highest BCUT2D eigenvalue weighted by Crippen LogP contribution is 2.14. The number of carbonyl (C=O) groups excluding carboxylic acids is 4. The van der Waals surface area contributed by atoms with Gasteiger partial charge in [0, 0.05) is 19.8 Å². The Kier molecular flexibility index (Phi) is 9.63. The summed E-state index contributed by atoms with van der Waals surface area (Å²) in [5.74, 6) is -2.48. The molecule has 7 N–H and O–H groups in total. The first-order valence-electron chi connectivity index (χ1n) is 11.2. The Labute approximate surface area is 203 Å². The van der Waals surface area contributed by atoms with Crippen LogP contribution in [0.5, 0.6) is 11.5 Å². The van der Waals surface area contributed by atoms with Gasteiger partial charge in [-0.3, -0.25) is 19.2 Å². The highest BCUT2D eigenvalue weighted by atomic mass is 16.3. The first kappa shape index (κ1) is 27.2. The summed E-state index contributed by atoms with van der Waals surface area (Å²) in [6.07, 6.45) is 0.148. The summed E-state index contributed by atoms with van der Waals surface area (Å²) in [4.78, 5) is 49.8. The van der Waals surface area contributed by atoms with E-state index in [0.29, 0.717) is 11.1 Å². The maximum Gasteiger partial charge on any atom is 0.243 e. The Morgan fingerprint density at radius 1 is 0.743 bits per heavy atom. The number of carbonyl (C=O) groups is 4. The van der Waals surface area contributed by atoms with Gasteiger partial charge in [0.15, 0.2) is 0 Å². The number of hydrogen-bond donors (Lipinski definition) is 6. The van der Waals surface area contributed by atoms with Gasteiger partial charge in [0.05, 0.1) is 0 Å². The lowest BCUT2D eigenvalue weighted by molar-refractivity contribution is -0.133. The van der Waals surface area contributed by atoms with Crippen LogP contribution in [0.1, 0.15) is 31.9 Å². The van der Waals surface area contributed by atoms with Crippen LogP contribution in [-0.4, -0.2) is 52.0 Å². The van der Waals surface area contributed by atoms with Crippen LogP contribution < -0.4 is 21.7 Å². The monoisotopic (exact) mass is 484 g/mol. The molecule has 0 unspecified atom stereocenters. The van der Waals surface area contributed by atoms with Gasteiger partial charge in [-0.05, 0) is 41.3 Å². The van der Waals surface area contributed by atoms with Crippen molar-refractivity contribution in [3.05, 3.63) is 59.7 Å². The lowest BCUT2D eigenvalue weighted by Crippen LogP contribution is -2.58. The molecule has 0 spiro atoms. The summed E-state index contributed by atoms with van der Waals surface area (Å²) in [5.41, 5.74) is 6.82.